The first-order valence-corrected chi connectivity index (χ1v) is 8.21. The number of anilines is 1. The molecule has 6 nitrogen and oxygen atoms in total. The molecule has 23 heavy (non-hydrogen) atoms. The van der Waals surface area contributed by atoms with Gasteiger partial charge in [0.1, 0.15) is 4.32 Å². The van der Waals surface area contributed by atoms with Crippen molar-refractivity contribution in [2.24, 2.45) is 0 Å². The van der Waals surface area contributed by atoms with Gasteiger partial charge in [-0.15, -0.1) is 0 Å². The summed E-state index contributed by atoms with van der Waals surface area (Å²) >= 11 is 6.45. The quantitative estimate of drug-likeness (QED) is 0.646. The molecule has 122 valence electrons. The van der Waals surface area contributed by atoms with E-state index in [9.17, 15) is 14.4 Å². The lowest BCUT2D eigenvalue weighted by Gasteiger charge is -2.14. The molecule has 0 aromatic heterocycles. The van der Waals surface area contributed by atoms with E-state index in [0.29, 0.717) is 15.6 Å². The van der Waals surface area contributed by atoms with Crippen molar-refractivity contribution in [1.82, 2.24) is 4.90 Å². The summed E-state index contributed by atoms with van der Waals surface area (Å²) in [7, 11) is 1.31. The number of benzene rings is 1. The van der Waals surface area contributed by atoms with E-state index in [2.05, 4.69) is 10.1 Å². The van der Waals surface area contributed by atoms with E-state index < -0.39 is 5.97 Å². The minimum atomic E-state index is -0.435. The van der Waals surface area contributed by atoms with E-state index in [0.717, 1.165) is 0 Å². The maximum Gasteiger partial charge on any atom is 0.337 e. The van der Waals surface area contributed by atoms with Gasteiger partial charge >= 0.3 is 5.97 Å². The molecule has 8 heteroatoms. The van der Waals surface area contributed by atoms with Gasteiger partial charge in [-0.05, 0) is 31.2 Å². The van der Waals surface area contributed by atoms with Crippen molar-refractivity contribution < 1.29 is 19.1 Å². The first-order chi connectivity index (χ1) is 10.9. The molecule has 2 rings (SSSR count). The first-order valence-electron chi connectivity index (χ1n) is 6.92. The fourth-order valence-electron chi connectivity index (χ4n) is 2.02. The zero-order valence-electron chi connectivity index (χ0n) is 12.7. The van der Waals surface area contributed by atoms with Crippen LogP contribution in [-0.4, -0.2) is 45.9 Å². The van der Waals surface area contributed by atoms with Crippen LogP contribution in [0.4, 0.5) is 5.69 Å². The highest BCUT2D eigenvalue weighted by molar-refractivity contribution is 8.24. The molecule has 0 aliphatic carbocycles. The van der Waals surface area contributed by atoms with E-state index in [1.807, 2.05) is 0 Å². The van der Waals surface area contributed by atoms with Crippen LogP contribution < -0.4 is 5.32 Å². The van der Waals surface area contributed by atoms with Crippen LogP contribution in [-0.2, 0) is 14.3 Å². The lowest BCUT2D eigenvalue weighted by molar-refractivity contribution is -0.126. The smallest absolute Gasteiger partial charge is 0.337 e. The Hall–Kier alpha value is -1.93. The first kappa shape index (κ1) is 17.4. The van der Waals surface area contributed by atoms with Gasteiger partial charge in [0.15, 0.2) is 0 Å². The second-order valence-electron chi connectivity index (χ2n) is 4.88. The molecule has 1 unspecified atom stereocenters. The van der Waals surface area contributed by atoms with Gasteiger partial charge in [0.25, 0.3) is 0 Å². The Kier molecular flexibility index (Phi) is 5.73. The third-order valence-corrected chi connectivity index (χ3v) is 4.75. The number of carbonyl (C=O) groups is 3. The Bertz CT molecular complexity index is 645. The Morgan fingerprint density at radius 3 is 2.52 bits per heavy atom. The molecule has 0 saturated carbocycles. The standard InChI is InChI=1S/C15H16N2O4S2/c1-9-13(19)17(15(22)23-9)8-7-12(18)16-11-5-3-10(4-6-11)14(20)21-2/h3-6,9H,7-8H2,1-2H3,(H,16,18). The molecule has 1 heterocycles. The van der Waals surface area contributed by atoms with Crippen LogP contribution >= 0.6 is 24.0 Å². The van der Waals surface area contributed by atoms with E-state index >= 15 is 0 Å². The number of amides is 2. The average molecular weight is 352 g/mol. The zero-order valence-corrected chi connectivity index (χ0v) is 14.3. The molecule has 1 aliphatic rings. The molecule has 1 atom stereocenters. The van der Waals surface area contributed by atoms with Crippen molar-refractivity contribution in [3.63, 3.8) is 0 Å². The van der Waals surface area contributed by atoms with Gasteiger partial charge < -0.3 is 10.1 Å². The van der Waals surface area contributed by atoms with Crippen LogP contribution in [0.25, 0.3) is 0 Å². The number of nitrogens with one attached hydrogen (secondary N) is 1. The van der Waals surface area contributed by atoms with Gasteiger partial charge in [-0.2, -0.15) is 0 Å². The maximum absolute atomic E-state index is 11.9. The molecular weight excluding hydrogens is 336 g/mol. The molecule has 1 saturated heterocycles. The monoisotopic (exact) mass is 352 g/mol. The average Bonchev–Trinajstić information content (AvgIpc) is 2.78. The molecule has 0 bridgehead atoms. The van der Waals surface area contributed by atoms with Crippen LogP contribution in [0.15, 0.2) is 24.3 Å². The predicted molar refractivity (Wildman–Crippen MR) is 92.4 cm³/mol. The van der Waals surface area contributed by atoms with Crippen molar-refractivity contribution in [3.05, 3.63) is 29.8 Å². The van der Waals surface area contributed by atoms with Crippen LogP contribution in [0, 0.1) is 0 Å². The third-order valence-electron chi connectivity index (χ3n) is 3.26. The van der Waals surface area contributed by atoms with Crippen molar-refractivity contribution >= 4 is 51.8 Å². The third kappa shape index (κ3) is 4.29. The summed E-state index contributed by atoms with van der Waals surface area (Å²) in [4.78, 5) is 36.6. The SMILES string of the molecule is COC(=O)c1ccc(NC(=O)CCN2C(=O)C(C)SC2=S)cc1. The van der Waals surface area contributed by atoms with Crippen LogP contribution in [0.5, 0.6) is 0 Å². The van der Waals surface area contributed by atoms with Crippen LogP contribution in [0.3, 0.4) is 0 Å². The molecule has 1 aliphatic heterocycles. The van der Waals surface area contributed by atoms with E-state index in [4.69, 9.17) is 12.2 Å². The highest BCUT2D eigenvalue weighted by Crippen LogP contribution is 2.26. The number of rotatable bonds is 5. The topological polar surface area (TPSA) is 75.7 Å². The van der Waals surface area contributed by atoms with E-state index in [1.165, 1.54) is 23.8 Å². The molecule has 0 spiro atoms. The van der Waals surface area contributed by atoms with Crippen molar-refractivity contribution in [3.8, 4) is 0 Å². The molecule has 1 N–H and O–H groups in total. The number of hydrogen-bond donors (Lipinski definition) is 1. The Balaban J connectivity index is 1.86. The minimum Gasteiger partial charge on any atom is -0.465 e. The van der Waals surface area contributed by atoms with E-state index in [1.54, 1.807) is 31.2 Å². The summed E-state index contributed by atoms with van der Waals surface area (Å²) in [5, 5.41) is 2.53. The normalized spacial score (nSPS) is 17.3. The number of thiocarbonyl (C=S) groups is 1. The summed E-state index contributed by atoms with van der Waals surface area (Å²) in [5.74, 6) is -0.721. The van der Waals surface area contributed by atoms with Crippen LogP contribution in [0.1, 0.15) is 23.7 Å². The fourth-order valence-corrected chi connectivity index (χ4v) is 3.47. The van der Waals surface area contributed by atoms with Gasteiger partial charge in [0.05, 0.1) is 17.9 Å². The Labute approximate surface area is 143 Å². The molecular formula is C15H16N2O4S2. The van der Waals surface area contributed by atoms with Crippen molar-refractivity contribution in [1.29, 1.82) is 0 Å². The summed E-state index contributed by atoms with van der Waals surface area (Å²) < 4.78 is 5.12. The summed E-state index contributed by atoms with van der Waals surface area (Å²) in [6, 6.07) is 6.37. The fraction of sp³-hybridized carbons (Fsp3) is 0.333. The minimum absolute atomic E-state index is 0.0600. The number of ether oxygens (including phenoxy) is 1. The highest BCUT2D eigenvalue weighted by atomic mass is 32.2. The number of carbonyl (C=O) groups excluding carboxylic acids is 3. The highest BCUT2D eigenvalue weighted by Gasteiger charge is 2.33. The molecule has 1 aromatic rings. The predicted octanol–water partition coefficient (Wildman–Crippen LogP) is 2.05. The van der Waals surface area contributed by atoms with Crippen molar-refractivity contribution in [2.45, 2.75) is 18.6 Å². The summed E-state index contributed by atoms with van der Waals surface area (Å²) in [5.41, 5.74) is 0.977. The van der Waals surface area contributed by atoms with E-state index in [-0.39, 0.29) is 30.0 Å². The number of nitrogens with zero attached hydrogens (tertiary/aromatic N) is 1. The number of thioether (sulfide) groups is 1. The molecule has 1 aromatic carbocycles. The number of esters is 1. The maximum atomic E-state index is 11.9. The summed E-state index contributed by atoms with van der Waals surface area (Å²) in [6.07, 6.45) is 0.151. The van der Waals surface area contributed by atoms with Gasteiger partial charge in [-0.1, -0.05) is 24.0 Å². The molecule has 2 amide bonds. The van der Waals surface area contributed by atoms with Gasteiger partial charge in [-0.3, -0.25) is 14.5 Å². The second-order valence-corrected chi connectivity index (χ2v) is 6.86. The summed E-state index contributed by atoms with van der Waals surface area (Å²) in [6.45, 7) is 2.06. The molecule has 0 radical (unpaired) electrons. The van der Waals surface area contributed by atoms with Gasteiger partial charge in [0, 0.05) is 18.7 Å². The van der Waals surface area contributed by atoms with Crippen molar-refractivity contribution in [2.75, 3.05) is 19.0 Å². The Morgan fingerprint density at radius 1 is 1.35 bits per heavy atom. The number of hydrogen-bond acceptors (Lipinski definition) is 6. The lowest BCUT2D eigenvalue weighted by Crippen LogP contribution is -2.33. The number of methoxy groups -OCH3 is 1. The second kappa shape index (κ2) is 7.56. The molecule has 1 fully saturated rings. The van der Waals surface area contributed by atoms with Crippen LogP contribution in [0.2, 0.25) is 0 Å². The zero-order chi connectivity index (χ0) is 17.0. The van der Waals surface area contributed by atoms with Gasteiger partial charge in [-0.25, -0.2) is 4.79 Å². The Morgan fingerprint density at radius 2 is 2.00 bits per heavy atom. The van der Waals surface area contributed by atoms with Gasteiger partial charge in [0.2, 0.25) is 11.8 Å². The lowest BCUT2D eigenvalue weighted by atomic mass is 10.2. The largest absolute Gasteiger partial charge is 0.465 e.